The van der Waals surface area contributed by atoms with Crippen molar-refractivity contribution in [1.82, 2.24) is 24.8 Å². The van der Waals surface area contributed by atoms with Crippen LogP contribution >= 0.6 is 0 Å². The highest BCUT2D eigenvalue weighted by molar-refractivity contribution is 5.92. The summed E-state index contributed by atoms with van der Waals surface area (Å²) < 4.78 is 11.6. The van der Waals surface area contributed by atoms with Gasteiger partial charge in [0.15, 0.2) is 11.6 Å². The summed E-state index contributed by atoms with van der Waals surface area (Å²) in [5.74, 6) is 0.152. The van der Waals surface area contributed by atoms with E-state index in [2.05, 4.69) is 19.9 Å². The molecule has 0 saturated carbocycles. The number of hydrogen-bond donors (Lipinski definition) is 2. The number of aromatic nitrogens is 4. The van der Waals surface area contributed by atoms with Gasteiger partial charge >= 0.3 is 0 Å². The summed E-state index contributed by atoms with van der Waals surface area (Å²) in [6, 6.07) is 5.12. The Hall–Kier alpha value is -3.46. The van der Waals surface area contributed by atoms with Crippen LogP contribution in [0.2, 0.25) is 0 Å². The van der Waals surface area contributed by atoms with Gasteiger partial charge in [0.2, 0.25) is 17.5 Å². The number of para-hydroxylation sites is 1. The lowest BCUT2D eigenvalue weighted by molar-refractivity contribution is 0.0436. The molecule has 0 bridgehead atoms. The summed E-state index contributed by atoms with van der Waals surface area (Å²) in [5.41, 5.74) is 2.75. The maximum Gasteiger partial charge on any atom is 0.292 e. The van der Waals surface area contributed by atoms with Crippen LogP contribution in [0.15, 0.2) is 39.6 Å². The number of nitrogens with one attached hydrogen (secondary N) is 1. The Morgan fingerprint density at radius 2 is 2.13 bits per heavy atom. The number of carbonyl (C=O) groups is 1. The molecule has 1 aliphatic heterocycles. The third kappa shape index (κ3) is 2.89. The highest BCUT2D eigenvalue weighted by Crippen LogP contribution is 2.36. The average molecular weight is 407 g/mol. The fourth-order valence-corrected chi connectivity index (χ4v) is 3.76. The number of aryl methyl sites for hydroxylation is 1. The Balaban J connectivity index is 1.59. The molecule has 5 rings (SSSR count). The van der Waals surface area contributed by atoms with Crippen LogP contribution in [-0.4, -0.2) is 42.4 Å². The van der Waals surface area contributed by atoms with Gasteiger partial charge < -0.3 is 23.8 Å². The van der Waals surface area contributed by atoms with Crippen LogP contribution in [0.4, 0.5) is 0 Å². The number of H-pyrrole nitrogens is 1. The molecular formula is C21H21N5O4. The van der Waals surface area contributed by atoms with Crippen molar-refractivity contribution in [2.75, 3.05) is 6.54 Å². The Bertz CT molecular complexity index is 1250. The van der Waals surface area contributed by atoms with Crippen LogP contribution in [0.25, 0.3) is 11.1 Å². The van der Waals surface area contributed by atoms with Gasteiger partial charge in [0.1, 0.15) is 11.1 Å². The zero-order valence-electron chi connectivity index (χ0n) is 16.8. The van der Waals surface area contributed by atoms with Gasteiger partial charge in [-0.25, -0.2) is 15.0 Å². The summed E-state index contributed by atoms with van der Waals surface area (Å²) in [6.45, 7) is 5.49. The van der Waals surface area contributed by atoms with E-state index in [1.165, 1.54) is 6.20 Å². The van der Waals surface area contributed by atoms with Crippen LogP contribution in [-0.2, 0) is 12.0 Å². The first-order valence-corrected chi connectivity index (χ1v) is 9.71. The van der Waals surface area contributed by atoms with E-state index in [0.717, 1.165) is 16.8 Å². The third-order valence-electron chi connectivity index (χ3n) is 5.30. The van der Waals surface area contributed by atoms with E-state index in [-0.39, 0.29) is 17.6 Å². The van der Waals surface area contributed by atoms with Crippen molar-refractivity contribution in [2.45, 2.75) is 38.8 Å². The second kappa shape index (κ2) is 6.53. The normalized spacial score (nSPS) is 16.8. The molecule has 4 aromatic rings. The standard InChI is InChI=1S/C21H21N5O4/c1-11-5-4-6-13-15(11)25-18(29-13)17-16-12(23-10-24-16)7-8-26(17)19(27)14-9-22-20(30-14)21(2,3)28/h4-6,9-10,17,28H,7-8H2,1-3H3,(H,23,24)/t17-/m0/s1. The highest BCUT2D eigenvalue weighted by atomic mass is 16.4. The molecule has 1 atom stereocenters. The average Bonchev–Trinajstić information content (AvgIpc) is 3.44. The van der Waals surface area contributed by atoms with E-state index in [4.69, 9.17) is 8.83 Å². The number of oxazole rings is 2. The largest absolute Gasteiger partial charge is 0.438 e. The minimum Gasteiger partial charge on any atom is -0.438 e. The number of hydrogen-bond acceptors (Lipinski definition) is 7. The first-order valence-electron chi connectivity index (χ1n) is 9.71. The van der Waals surface area contributed by atoms with Gasteiger partial charge in [-0.3, -0.25) is 4.79 Å². The minimum absolute atomic E-state index is 0.0448. The lowest BCUT2D eigenvalue weighted by Gasteiger charge is -2.32. The molecule has 0 aliphatic carbocycles. The first-order chi connectivity index (χ1) is 14.3. The second-order valence-electron chi connectivity index (χ2n) is 7.98. The van der Waals surface area contributed by atoms with Gasteiger partial charge in [0, 0.05) is 18.7 Å². The quantitative estimate of drug-likeness (QED) is 0.535. The van der Waals surface area contributed by atoms with Gasteiger partial charge in [0.25, 0.3) is 5.91 Å². The summed E-state index contributed by atoms with van der Waals surface area (Å²) in [6.07, 6.45) is 3.56. The molecule has 3 aromatic heterocycles. The molecule has 2 N–H and O–H groups in total. The Morgan fingerprint density at radius 3 is 2.87 bits per heavy atom. The van der Waals surface area contributed by atoms with E-state index >= 15 is 0 Å². The van der Waals surface area contributed by atoms with Gasteiger partial charge in [-0.15, -0.1) is 0 Å². The molecule has 1 aromatic carbocycles. The number of imidazole rings is 1. The van der Waals surface area contributed by atoms with E-state index in [1.807, 2.05) is 25.1 Å². The number of rotatable bonds is 3. The lowest BCUT2D eigenvalue weighted by atomic mass is 10.0. The number of fused-ring (bicyclic) bond motifs is 2. The molecule has 0 fully saturated rings. The molecule has 30 heavy (non-hydrogen) atoms. The van der Waals surface area contributed by atoms with Crippen molar-refractivity contribution in [3.63, 3.8) is 0 Å². The van der Waals surface area contributed by atoms with Crippen molar-refractivity contribution in [3.05, 3.63) is 65.2 Å². The minimum atomic E-state index is -1.28. The number of amides is 1. The molecule has 0 spiro atoms. The second-order valence-corrected chi connectivity index (χ2v) is 7.98. The maximum atomic E-state index is 13.3. The van der Waals surface area contributed by atoms with Crippen LogP contribution in [0.5, 0.6) is 0 Å². The Kier molecular flexibility index (Phi) is 4.04. The molecule has 1 amide bonds. The van der Waals surface area contributed by atoms with Gasteiger partial charge in [-0.1, -0.05) is 12.1 Å². The number of nitrogens with zero attached hydrogens (tertiary/aromatic N) is 4. The third-order valence-corrected chi connectivity index (χ3v) is 5.30. The van der Waals surface area contributed by atoms with Crippen LogP contribution in [0, 0.1) is 6.92 Å². The number of aromatic amines is 1. The number of carbonyl (C=O) groups excluding carboxylic acids is 1. The van der Waals surface area contributed by atoms with E-state index in [1.54, 1.807) is 25.1 Å². The predicted octanol–water partition coefficient (Wildman–Crippen LogP) is 2.86. The Morgan fingerprint density at radius 1 is 1.30 bits per heavy atom. The number of benzene rings is 1. The Labute approximate surface area is 171 Å². The summed E-state index contributed by atoms with van der Waals surface area (Å²) in [5, 5.41) is 10.1. The summed E-state index contributed by atoms with van der Waals surface area (Å²) >= 11 is 0. The van der Waals surface area contributed by atoms with Gasteiger partial charge in [0.05, 0.1) is 18.2 Å². The van der Waals surface area contributed by atoms with E-state index in [0.29, 0.717) is 30.1 Å². The number of aliphatic hydroxyl groups is 1. The fraction of sp³-hybridized carbons (Fsp3) is 0.333. The van der Waals surface area contributed by atoms with Crippen molar-refractivity contribution in [1.29, 1.82) is 0 Å². The molecular weight excluding hydrogens is 386 g/mol. The fourth-order valence-electron chi connectivity index (χ4n) is 3.76. The molecule has 0 unspecified atom stereocenters. The maximum absolute atomic E-state index is 13.3. The molecule has 1 aliphatic rings. The first kappa shape index (κ1) is 18.6. The predicted molar refractivity (Wildman–Crippen MR) is 106 cm³/mol. The summed E-state index contributed by atoms with van der Waals surface area (Å²) in [4.78, 5) is 31.3. The molecule has 9 nitrogen and oxygen atoms in total. The van der Waals surface area contributed by atoms with Crippen LogP contribution in [0.3, 0.4) is 0 Å². The monoisotopic (exact) mass is 407 g/mol. The molecule has 154 valence electrons. The zero-order chi connectivity index (χ0) is 21.0. The molecule has 9 heteroatoms. The molecule has 4 heterocycles. The topological polar surface area (TPSA) is 121 Å². The highest BCUT2D eigenvalue weighted by Gasteiger charge is 2.39. The van der Waals surface area contributed by atoms with Crippen molar-refractivity contribution in [3.8, 4) is 0 Å². The SMILES string of the molecule is Cc1cccc2oc([C@@H]3c4nc[nH]c4CCN3C(=O)c3cnc(C(C)(C)O)o3)nc12. The van der Waals surface area contributed by atoms with Crippen molar-refractivity contribution < 1.29 is 18.7 Å². The molecule has 0 saturated heterocycles. The smallest absolute Gasteiger partial charge is 0.292 e. The van der Waals surface area contributed by atoms with Crippen LogP contribution in [0.1, 0.15) is 59.2 Å². The molecule has 0 radical (unpaired) electrons. The van der Waals surface area contributed by atoms with E-state index < -0.39 is 11.6 Å². The lowest BCUT2D eigenvalue weighted by Crippen LogP contribution is -2.40. The summed E-state index contributed by atoms with van der Waals surface area (Å²) in [7, 11) is 0. The van der Waals surface area contributed by atoms with Gasteiger partial charge in [-0.2, -0.15) is 0 Å². The van der Waals surface area contributed by atoms with Crippen molar-refractivity contribution in [2.24, 2.45) is 0 Å². The van der Waals surface area contributed by atoms with Crippen molar-refractivity contribution >= 4 is 17.0 Å². The zero-order valence-corrected chi connectivity index (χ0v) is 16.8. The van der Waals surface area contributed by atoms with Gasteiger partial charge in [-0.05, 0) is 32.4 Å². The van der Waals surface area contributed by atoms with Crippen LogP contribution < -0.4 is 0 Å². The van der Waals surface area contributed by atoms with E-state index in [9.17, 15) is 9.90 Å².